The summed E-state index contributed by atoms with van der Waals surface area (Å²) in [5, 5.41) is 0. The third-order valence-electron chi connectivity index (χ3n) is 6.36. The quantitative estimate of drug-likeness (QED) is 0.611. The van der Waals surface area contributed by atoms with Crippen LogP contribution in [0, 0.1) is 17.3 Å². The molecule has 1 aromatic carbocycles. The predicted octanol–water partition coefficient (Wildman–Crippen LogP) is 4.25. The maximum absolute atomic E-state index is 11.3. The first kappa shape index (κ1) is 17.3. The summed E-state index contributed by atoms with van der Waals surface area (Å²) in [6.07, 6.45) is 3.98. The molecule has 0 amide bonds. The number of fused-ring (bicyclic) bond motifs is 2. The molecule has 132 valence electrons. The van der Waals surface area contributed by atoms with Gasteiger partial charge in [0.2, 0.25) is 0 Å². The summed E-state index contributed by atoms with van der Waals surface area (Å²) in [6, 6.07) is 3.68. The van der Waals surface area contributed by atoms with Gasteiger partial charge in [0.05, 0.1) is 0 Å². The standard InChI is InChI=1S/C20H28O4/c1-13-6-7-20(4)17(19(13,2)3)10-15-8-14(11-21)9-16(18(15)24-20)23-12-22-5/h8-9,11,13,17H,6-7,10,12H2,1-5H3/t13-,17-,20-/m1/s1. The first-order chi connectivity index (χ1) is 11.3. The maximum atomic E-state index is 11.3. The van der Waals surface area contributed by atoms with Crippen LogP contribution in [0.3, 0.4) is 0 Å². The van der Waals surface area contributed by atoms with Crippen LogP contribution in [0.4, 0.5) is 0 Å². The van der Waals surface area contributed by atoms with E-state index in [1.165, 1.54) is 0 Å². The number of aldehydes is 1. The van der Waals surface area contributed by atoms with Crippen molar-refractivity contribution in [2.75, 3.05) is 13.9 Å². The molecule has 3 rings (SSSR count). The minimum Gasteiger partial charge on any atom is -0.483 e. The van der Waals surface area contributed by atoms with Crippen molar-refractivity contribution in [3.63, 3.8) is 0 Å². The summed E-state index contributed by atoms with van der Waals surface area (Å²) >= 11 is 0. The van der Waals surface area contributed by atoms with Gasteiger partial charge in [-0.1, -0.05) is 20.8 Å². The highest BCUT2D eigenvalue weighted by molar-refractivity contribution is 5.77. The Morgan fingerprint density at radius 1 is 1.33 bits per heavy atom. The average Bonchev–Trinajstić information content (AvgIpc) is 2.55. The minimum atomic E-state index is -0.198. The summed E-state index contributed by atoms with van der Waals surface area (Å²) in [5.41, 5.74) is 1.68. The van der Waals surface area contributed by atoms with Gasteiger partial charge in [-0.15, -0.1) is 0 Å². The van der Waals surface area contributed by atoms with Crippen LogP contribution in [0.2, 0.25) is 0 Å². The second kappa shape index (κ2) is 6.07. The van der Waals surface area contributed by atoms with E-state index in [9.17, 15) is 4.79 Å². The molecule has 1 heterocycles. The molecular weight excluding hydrogens is 304 g/mol. The SMILES string of the molecule is COCOc1cc(C=O)cc2c1O[C@]1(C)CC[C@@H](C)C(C)(C)[C@H]1C2. The number of benzene rings is 1. The fourth-order valence-electron chi connectivity index (χ4n) is 4.48. The van der Waals surface area contributed by atoms with Gasteiger partial charge in [-0.05, 0) is 55.2 Å². The fraction of sp³-hybridized carbons (Fsp3) is 0.650. The van der Waals surface area contributed by atoms with Crippen LogP contribution in [-0.2, 0) is 11.2 Å². The normalized spacial score (nSPS) is 30.7. The topological polar surface area (TPSA) is 44.8 Å². The fourth-order valence-corrected chi connectivity index (χ4v) is 4.48. The second-order valence-electron chi connectivity index (χ2n) is 8.11. The molecule has 0 bridgehead atoms. The van der Waals surface area contributed by atoms with E-state index < -0.39 is 0 Å². The van der Waals surface area contributed by atoms with Gasteiger partial charge in [0, 0.05) is 18.6 Å². The zero-order valence-electron chi connectivity index (χ0n) is 15.3. The summed E-state index contributed by atoms with van der Waals surface area (Å²) < 4.78 is 17.2. The highest BCUT2D eigenvalue weighted by atomic mass is 16.7. The molecule has 0 saturated heterocycles. The Hall–Kier alpha value is -1.55. The van der Waals surface area contributed by atoms with Gasteiger partial charge in [-0.3, -0.25) is 4.79 Å². The molecule has 1 fully saturated rings. The lowest BCUT2D eigenvalue weighted by molar-refractivity contribution is -0.107. The maximum Gasteiger partial charge on any atom is 0.188 e. The van der Waals surface area contributed by atoms with E-state index in [1.54, 1.807) is 13.2 Å². The molecular formula is C20H28O4. The molecule has 4 heteroatoms. The molecule has 1 aliphatic carbocycles. The molecule has 1 saturated carbocycles. The van der Waals surface area contributed by atoms with E-state index in [4.69, 9.17) is 14.2 Å². The van der Waals surface area contributed by atoms with Crippen molar-refractivity contribution in [2.24, 2.45) is 17.3 Å². The number of ether oxygens (including phenoxy) is 3. The van der Waals surface area contributed by atoms with Crippen LogP contribution in [0.5, 0.6) is 11.5 Å². The Morgan fingerprint density at radius 2 is 2.08 bits per heavy atom. The zero-order valence-corrected chi connectivity index (χ0v) is 15.3. The van der Waals surface area contributed by atoms with Gasteiger partial charge >= 0.3 is 0 Å². The van der Waals surface area contributed by atoms with Crippen LogP contribution in [0.15, 0.2) is 12.1 Å². The molecule has 2 aliphatic rings. The molecule has 0 spiro atoms. The van der Waals surface area contributed by atoms with Crippen molar-refractivity contribution < 1.29 is 19.0 Å². The van der Waals surface area contributed by atoms with E-state index in [0.717, 1.165) is 36.9 Å². The Balaban J connectivity index is 2.05. The lowest BCUT2D eigenvalue weighted by Crippen LogP contribution is -2.56. The second-order valence-corrected chi connectivity index (χ2v) is 8.11. The van der Waals surface area contributed by atoms with Crippen LogP contribution in [0.25, 0.3) is 0 Å². The van der Waals surface area contributed by atoms with Crippen LogP contribution < -0.4 is 9.47 Å². The Bertz CT molecular complexity index is 637. The molecule has 0 N–H and O–H groups in total. The third-order valence-corrected chi connectivity index (χ3v) is 6.36. The highest BCUT2D eigenvalue weighted by Crippen LogP contribution is 2.56. The smallest absolute Gasteiger partial charge is 0.188 e. The van der Waals surface area contributed by atoms with Crippen molar-refractivity contribution in [1.29, 1.82) is 0 Å². The van der Waals surface area contributed by atoms with Crippen LogP contribution >= 0.6 is 0 Å². The zero-order chi connectivity index (χ0) is 17.5. The summed E-state index contributed by atoms with van der Waals surface area (Å²) in [6.45, 7) is 9.40. The van der Waals surface area contributed by atoms with Gasteiger partial charge in [0.25, 0.3) is 0 Å². The predicted molar refractivity (Wildman–Crippen MR) is 92.7 cm³/mol. The summed E-state index contributed by atoms with van der Waals surface area (Å²) in [4.78, 5) is 11.3. The number of carbonyl (C=O) groups excluding carboxylic acids is 1. The largest absolute Gasteiger partial charge is 0.483 e. The Kier molecular flexibility index (Phi) is 4.37. The van der Waals surface area contributed by atoms with Gasteiger partial charge < -0.3 is 14.2 Å². The lowest BCUT2D eigenvalue weighted by atomic mass is 9.55. The highest BCUT2D eigenvalue weighted by Gasteiger charge is 2.53. The number of hydrogen-bond acceptors (Lipinski definition) is 4. The molecule has 0 aromatic heterocycles. The molecule has 24 heavy (non-hydrogen) atoms. The van der Waals surface area contributed by atoms with Crippen molar-refractivity contribution in [2.45, 2.75) is 52.6 Å². The van der Waals surface area contributed by atoms with Crippen LogP contribution in [-0.4, -0.2) is 25.8 Å². The van der Waals surface area contributed by atoms with Gasteiger partial charge in [0.15, 0.2) is 18.3 Å². The Morgan fingerprint density at radius 3 is 2.75 bits per heavy atom. The van der Waals surface area contributed by atoms with Gasteiger partial charge in [-0.25, -0.2) is 0 Å². The number of carbonyl (C=O) groups is 1. The molecule has 0 unspecified atom stereocenters. The van der Waals surface area contributed by atoms with E-state index >= 15 is 0 Å². The monoisotopic (exact) mass is 332 g/mol. The minimum absolute atomic E-state index is 0.140. The molecule has 1 aliphatic heterocycles. The van der Waals surface area contributed by atoms with Gasteiger partial charge in [0.1, 0.15) is 11.9 Å². The lowest BCUT2D eigenvalue weighted by Gasteiger charge is -2.56. The van der Waals surface area contributed by atoms with Crippen molar-refractivity contribution in [1.82, 2.24) is 0 Å². The third kappa shape index (κ3) is 2.71. The molecule has 3 atom stereocenters. The van der Waals surface area contributed by atoms with Crippen molar-refractivity contribution >= 4 is 6.29 Å². The Labute approximate surface area is 144 Å². The van der Waals surface area contributed by atoms with Crippen LogP contribution in [0.1, 0.15) is 56.5 Å². The molecule has 1 aromatic rings. The number of hydrogen-bond donors (Lipinski definition) is 0. The van der Waals surface area contributed by atoms with Crippen molar-refractivity contribution in [3.8, 4) is 11.5 Å². The van der Waals surface area contributed by atoms with E-state index in [1.807, 2.05) is 6.07 Å². The van der Waals surface area contributed by atoms with Crippen molar-refractivity contribution in [3.05, 3.63) is 23.3 Å². The van der Waals surface area contributed by atoms with E-state index in [-0.39, 0.29) is 17.8 Å². The molecule has 4 nitrogen and oxygen atoms in total. The summed E-state index contributed by atoms with van der Waals surface area (Å²) in [7, 11) is 1.58. The van der Waals surface area contributed by atoms with Gasteiger partial charge in [-0.2, -0.15) is 0 Å². The first-order valence-electron chi connectivity index (χ1n) is 8.74. The average molecular weight is 332 g/mol. The van der Waals surface area contributed by atoms with E-state index in [0.29, 0.717) is 23.1 Å². The molecule has 0 radical (unpaired) electrons. The first-order valence-corrected chi connectivity index (χ1v) is 8.74. The van der Waals surface area contributed by atoms with E-state index in [2.05, 4.69) is 27.7 Å². The number of rotatable bonds is 4. The number of methoxy groups -OCH3 is 1. The summed E-state index contributed by atoms with van der Waals surface area (Å²) in [5.74, 6) is 2.45.